The fourth-order valence-electron chi connectivity index (χ4n) is 3.18. The number of nitrogens with one attached hydrogen (secondary N) is 2. The van der Waals surface area contributed by atoms with Crippen LogP contribution in [-0.4, -0.2) is 51.6 Å². The van der Waals surface area contributed by atoms with Gasteiger partial charge in [-0.05, 0) is 26.2 Å². The van der Waals surface area contributed by atoms with Gasteiger partial charge < -0.3 is 10.2 Å². The van der Waals surface area contributed by atoms with Crippen molar-refractivity contribution in [1.82, 2.24) is 15.4 Å². The predicted molar refractivity (Wildman–Crippen MR) is 98.1 cm³/mol. The lowest BCUT2D eigenvalue weighted by atomic mass is 9.94. The van der Waals surface area contributed by atoms with Crippen molar-refractivity contribution < 1.29 is 24.0 Å². The Morgan fingerprint density at radius 3 is 2.81 bits per heavy atom. The minimum absolute atomic E-state index is 0.167. The Morgan fingerprint density at radius 1 is 1.48 bits per heavy atom. The van der Waals surface area contributed by atoms with Gasteiger partial charge in [0.05, 0.1) is 11.6 Å². The molecule has 0 spiro atoms. The van der Waals surface area contributed by atoms with Gasteiger partial charge in [-0.15, -0.1) is 11.3 Å². The molecule has 27 heavy (non-hydrogen) atoms. The number of aryl methyl sites for hydroxylation is 1. The van der Waals surface area contributed by atoms with Gasteiger partial charge >= 0.3 is 0 Å². The molecule has 0 saturated carbocycles. The molecular formula is C17H25FN4O4S. The number of carbonyl (C=O) groups excluding carboxylic acids is 3. The van der Waals surface area contributed by atoms with Gasteiger partial charge in [0.15, 0.2) is 11.3 Å². The Bertz CT molecular complexity index is 684. The highest BCUT2D eigenvalue weighted by atomic mass is 32.1. The lowest BCUT2D eigenvalue weighted by Gasteiger charge is -2.29. The molecular weight excluding hydrogens is 375 g/mol. The Balaban J connectivity index is 2.12. The quantitative estimate of drug-likeness (QED) is 0.457. The van der Waals surface area contributed by atoms with Crippen molar-refractivity contribution in [2.75, 3.05) is 11.9 Å². The number of hydrogen-bond donors (Lipinski definition) is 3. The maximum Gasteiger partial charge on any atom is 0.278 e. The van der Waals surface area contributed by atoms with E-state index in [0.717, 1.165) is 12.1 Å². The van der Waals surface area contributed by atoms with Crippen molar-refractivity contribution in [3.63, 3.8) is 0 Å². The van der Waals surface area contributed by atoms with Crippen LogP contribution >= 0.6 is 11.3 Å². The number of aromatic nitrogens is 1. The second-order valence-electron chi connectivity index (χ2n) is 6.60. The van der Waals surface area contributed by atoms with Crippen LogP contribution in [0.4, 0.5) is 9.52 Å². The number of thiazole rings is 1. The van der Waals surface area contributed by atoms with E-state index in [2.05, 4.69) is 10.3 Å². The summed E-state index contributed by atoms with van der Waals surface area (Å²) in [6.07, 6.45) is 0.361. The number of nitrogens with zero attached hydrogens (tertiary/aromatic N) is 2. The molecule has 0 radical (unpaired) electrons. The molecule has 3 atom stereocenters. The molecule has 1 fully saturated rings. The first kappa shape index (κ1) is 21.2. The molecule has 0 bridgehead atoms. The fourth-order valence-corrected chi connectivity index (χ4v) is 3.87. The number of likely N-dealkylation sites (tertiary alicyclic amines) is 1. The van der Waals surface area contributed by atoms with Gasteiger partial charge in [0.1, 0.15) is 6.04 Å². The van der Waals surface area contributed by atoms with Gasteiger partial charge in [0.25, 0.3) is 5.91 Å². The van der Waals surface area contributed by atoms with E-state index in [-0.39, 0.29) is 12.3 Å². The third kappa shape index (κ3) is 5.23. The normalized spacial score (nSPS) is 18.8. The van der Waals surface area contributed by atoms with Gasteiger partial charge in [0, 0.05) is 11.9 Å². The van der Waals surface area contributed by atoms with E-state index in [4.69, 9.17) is 5.21 Å². The number of hydrogen-bond acceptors (Lipinski definition) is 6. The molecule has 1 aromatic rings. The maximum absolute atomic E-state index is 14.4. The molecule has 1 saturated heterocycles. The van der Waals surface area contributed by atoms with Crippen LogP contribution in [-0.2, 0) is 14.4 Å². The number of hydroxylamine groups is 1. The van der Waals surface area contributed by atoms with E-state index >= 15 is 0 Å². The Morgan fingerprint density at radius 2 is 2.22 bits per heavy atom. The van der Waals surface area contributed by atoms with Crippen molar-refractivity contribution in [2.45, 2.75) is 58.2 Å². The average molecular weight is 400 g/mol. The Labute approximate surface area is 161 Å². The first-order valence-corrected chi connectivity index (χ1v) is 9.88. The van der Waals surface area contributed by atoms with Crippen molar-refractivity contribution in [3.8, 4) is 0 Å². The molecule has 150 valence electrons. The summed E-state index contributed by atoms with van der Waals surface area (Å²) in [5.74, 6) is -3.42. The molecule has 1 aliphatic heterocycles. The monoisotopic (exact) mass is 400 g/mol. The van der Waals surface area contributed by atoms with Gasteiger partial charge in [0.2, 0.25) is 11.8 Å². The molecule has 3 N–H and O–H groups in total. The zero-order valence-corrected chi connectivity index (χ0v) is 16.2. The molecule has 0 aliphatic carbocycles. The molecule has 1 aromatic heterocycles. The van der Waals surface area contributed by atoms with Crippen molar-refractivity contribution in [1.29, 1.82) is 0 Å². The molecule has 8 nitrogen and oxygen atoms in total. The number of carbonyl (C=O) groups is 3. The summed E-state index contributed by atoms with van der Waals surface area (Å²) in [5, 5.41) is 13.6. The second kappa shape index (κ2) is 9.75. The summed E-state index contributed by atoms with van der Waals surface area (Å²) < 4.78 is 14.4. The van der Waals surface area contributed by atoms with Gasteiger partial charge in [-0.2, -0.15) is 0 Å². The van der Waals surface area contributed by atoms with Gasteiger partial charge in [-0.3, -0.25) is 19.6 Å². The zero-order valence-electron chi connectivity index (χ0n) is 15.4. The van der Waals surface area contributed by atoms with Crippen LogP contribution in [0.1, 0.15) is 44.7 Å². The third-order valence-corrected chi connectivity index (χ3v) is 5.46. The Kier molecular flexibility index (Phi) is 7.66. The fraction of sp³-hybridized carbons (Fsp3) is 0.647. The van der Waals surface area contributed by atoms with Gasteiger partial charge in [-0.25, -0.2) is 14.9 Å². The molecule has 1 aliphatic rings. The minimum atomic E-state index is -2.17. The molecule has 3 amide bonds. The standard InChI is InChI=1S/C17H25FN4O4S/c1-3-4-6-11(13(18)15(24)21-26)16(25)22-8-5-7-12(22)14(23)20-17-19-10(2)9-27-17/h9,11-13,26H,3-8H2,1-2H3,(H,21,24)(H,19,20,23)/t11-,12+,13+/m1/s1. The number of amides is 3. The first-order chi connectivity index (χ1) is 12.9. The Hall–Kier alpha value is -2.07. The van der Waals surface area contributed by atoms with Crippen LogP contribution in [0.2, 0.25) is 0 Å². The number of alkyl halides is 1. The lowest BCUT2D eigenvalue weighted by molar-refractivity contribution is -0.148. The smallest absolute Gasteiger partial charge is 0.278 e. The molecule has 2 heterocycles. The van der Waals surface area contributed by atoms with Crippen molar-refractivity contribution in [3.05, 3.63) is 11.1 Å². The number of rotatable bonds is 8. The van der Waals surface area contributed by atoms with Gasteiger partial charge in [-0.1, -0.05) is 19.8 Å². The average Bonchev–Trinajstić information content (AvgIpc) is 3.29. The first-order valence-electron chi connectivity index (χ1n) is 9.00. The zero-order chi connectivity index (χ0) is 20.0. The lowest BCUT2D eigenvalue weighted by Crippen LogP contribution is -2.49. The largest absolute Gasteiger partial charge is 0.330 e. The van der Waals surface area contributed by atoms with E-state index in [9.17, 15) is 18.8 Å². The highest BCUT2D eigenvalue weighted by Gasteiger charge is 2.41. The number of halogens is 1. The summed E-state index contributed by atoms with van der Waals surface area (Å²) in [5.41, 5.74) is 2.05. The SMILES string of the molecule is CCCC[C@@H](C(=O)N1CCC[C@H]1C(=O)Nc1nc(C)cs1)[C@H](F)C(=O)NO. The third-order valence-electron chi connectivity index (χ3n) is 4.59. The molecule has 0 aromatic carbocycles. The summed E-state index contributed by atoms with van der Waals surface area (Å²) in [6.45, 7) is 4.02. The summed E-state index contributed by atoms with van der Waals surface area (Å²) in [6, 6.07) is -0.727. The minimum Gasteiger partial charge on any atom is -0.330 e. The van der Waals surface area contributed by atoms with Crippen LogP contribution in [0, 0.1) is 12.8 Å². The molecule has 0 unspecified atom stereocenters. The van der Waals surface area contributed by atoms with E-state index in [1.165, 1.54) is 21.7 Å². The van der Waals surface area contributed by atoms with Crippen LogP contribution in [0.5, 0.6) is 0 Å². The molecule has 2 rings (SSSR count). The van der Waals surface area contributed by atoms with Crippen molar-refractivity contribution in [2.24, 2.45) is 5.92 Å². The van der Waals surface area contributed by atoms with E-state index < -0.39 is 29.9 Å². The van der Waals surface area contributed by atoms with E-state index in [1.54, 1.807) is 5.38 Å². The number of unbranched alkanes of at least 4 members (excludes halogenated alkanes) is 1. The molecule has 10 heteroatoms. The highest BCUT2D eigenvalue weighted by Crippen LogP contribution is 2.26. The summed E-state index contributed by atoms with van der Waals surface area (Å²) in [4.78, 5) is 42.5. The summed E-state index contributed by atoms with van der Waals surface area (Å²) in [7, 11) is 0. The predicted octanol–water partition coefficient (Wildman–Crippen LogP) is 2.03. The van der Waals surface area contributed by atoms with Crippen molar-refractivity contribution >= 4 is 34.2 Å². The number of anilines is 1. The van der Waals surface area contributed by atoms with Crippen LogP contribution in [0.3, 0.4) is 0 Å². The van der Waals surface area contributed by atoms with E-state index in [0.29, 0.717) is 30.9 Å². The maximum atomic E-state index is 14.4. The van der Waals surface area contributed by atoms with Crippen LogP contribution < -0.4 is 10.8 Å². The van der Waals surface area contributed by atoms with Crippen LogP contribution in [0.25, 0.3) is 0 Å². The van der Waals surface area contributed by atoms with Crippen LogP contribution in [0.15, 0.2) is 5.38 Å². The highest BCUT2D eigenvalue weighted by molar-refractivity contribution is 7.13. The topological polar surface area (TPSA) is 112 Å². The van der Waals surface area contributed by atoms with E-state index in [1.807, 2.05) is 13.8 Å². The second-order valence-corrected chi connectivity index (χ2v) is 7.46. The summed E-state index contributed by atoms with van der Waals surface area (Å²) >= 11 is 1.29.